The SMILES string of the molecule is CCN(CC#N)Cc1ccc(Cl)cc1Cl. The first-order valence-corrected chi connectivity index (χ1v) is 5.46. The molecule has 0 N–H and O–H groups in total. The maximum Gasteiger partial charge on any atom is 0.0868 e. The van der Waals surface area contributed by atoms with Crippen LogP contribution in [0, 0.1) is 11.3 Å². The summed E-state index contributed by atoms with van der Waals surface area (Å²) in [5, 5.41) is 9.90. The average Bonchev–Trinajstić information content (AvgIpc) is 2.21. The van der Waals surface area contributed by atoms with Crippen molar-refractivity contribution < 1.29 is 0 Å². The molecule has 4 heteroatoms. The van der Waals surface area contributed by atoms with E-state index >= 15 is 0 Å². The van der Waals surface area contributed by atoms with E-state index in [-0.39, 0.29) is 0 Å². The lowest BCUT2D eigenvalue weighted by Gasteiger charge is -2.17. The third-order valence-corrected chi connectivity index (χ3v) is 2.74. The zero-order valence-corrected chi connectivity index (χ0v) is 10.0. The van der Waals surface area contributed by atoms with Crippen LogP contribution in [0.1, 0.15) is 12.5 Å². The number of nitriles is 1. The van der Waals surface area contributed by atoms with Crippen molar-refractivity contribution in [3.8, 4) is 6.07 Å². The Bertz CT molecular complexity index is 371. The van der Waals surface area contributed by atoms with Crippen LogP contribution in [0.3, 0.4) is 0 Å². The van der Waals surface area contributed by atoms with Gasteiger partial charge in [-0.05, 0) is 24.2 Å². The van der Waals surface area contributed by atoms with Gasteiger partial charge < -0.3 is 0 Å². The number of benzene rings is 1. The van der Waals surface area contributed by atoms with Crippen molar-refractivity contribution in [2.45, 2.75) is 13.5 Å². The molecular weight excluding hydrogens is 231 g/mol. The van der Waals surface area contributed by atoms with Crippen molar-refractivity contribution in [2.24, 2.45) is 0 Å². The van der Waals surface area contributed by atoms with Gasteiger partial charge in [0.15, 0.2) is 0 Å². The zero-order valence-electron chi connectivity index (χ0n) is 8.50. The smallest absolute Gasteiger partial charge is 0.0868 e. The first-order chi connectivity index (χ1) is 7.17. The molecule has 0 aliphatic rings. The second kappa shape index (κ2) is 5.97. The topological polar surface area (TPSA) is 27.0 Å². The number of hydrogen-bond acceptors (Lipinski definition) is 2. The fraction of sp³-hybridized carbons (Fsp3) is 0.364. The lowest BCUT2D eigenvalue weighted by atomic mass is 10.2. The summed E-state index contributed by atoms with van der Waals surface area (Å²) in [5.41, 5.74) is 0.998. The van der Waals surface area contributed by atoms with Gasteiger partial charge in [-0.1, -0.05) is 36.2 Å². The van der Waals surface area contributed by atoms with Gasteiger partial charge in [0.05, 0.1) is 12.6 Å². The molecule has 0 spiro atoms. The third kappa shape index (κ3) is 3.71. The van der Waals surface area contributed by atoms with E-state index in [2.05, 4.69) is 6.07 Å². The molecule has 0 radical (unpaired) electrons. The second-order valence-electron chi connectivity index (χ2n) is 3.20. The summed E-state index contributed by atoms with van der Waals surface area (Å²) in [4.78, 5) is 2.01. The van der Waals surface area contributed by atoms with Gasteiger partial charge in [-0.25, -0.2) is 0 Å². The van der Waals surface area contributed by atoms with Crippen molar-refractivity contribution in [3.05, 3.63) is 33.8 Å². The Labute approximate surface area is 100 Å². The van der Waals surface area contributed by atoms with Crippen LogP contribution in [0.5, 0.6) is 0 Å². The molecule has 0 saturated heterocycles. The predicted octanol–water partition coefficient (Wildman–Crippen LogP) is 3.34. The Morgan fingerprint density at radius 3 is 2.67 bits per heavy atom. The van der Waals surface area contributed by atoms with E-state index < -0.39 is 0 Å². The van der Waals surface area contributed by atoms with E-state index in [9.17, 15) is 0 Å². The average molecular weight is 243 g/mol. The van der Waals surface area contributed by atoms with Crippen molar-refractivity contribution in [2.75, 3.05) is 13.1 Å². The molecule has 0 unspecified atom stereocenters. The first-order valence-electron chi connectivity index (χ1n) is 4.70. The van der Waals surface area contributed by atoms with Crippen molar-refractivity contribution >= 4 is 23.2 Å². The molecule has 1 aromatic carbocycles. The molecule has 0 atom stereocenters. The summed E-state index contributed by atoms with van der Waals surface area (Å²) in [7, 11) is 0. The highest BCUT2D eigenvalue weighted by Gasteiger charge is 2.06. The van der Waals surface area contributed by atoms with Crippen LogP contribution in [0.15, 0.2) is 18.2 Å². The van der Waals surface area contributed by atoms with E-state index in [0.29, 0.717) is 23.1 Å². The van der Waals surface area contributed by atoms with Gasteiger partial charge in [-0.2, -0.15) is 5.26 Å². The molecule has 1 aromatic rings. The summed E-state index contributed by atoms with van der Waals surface area (Å²) in [6.45, 7) is 3.93. The van der Waals surface area contributed by atoms with Gasteiger partial charge >= 0.3 is 0 Å². The molecule has 0 bridgehead atoms. The highest BCUT2D eigenvalue weighted by molar-refractivity contribution is 6.35. The number of nitrogens with zero attached hydrogens (tertiary/aromatic N) is 2. The van der Waals surface area contributed by atoms with E-state index in [1.807, 2.05) is 24.0 Å². The summed E-state index contributed by atoms with van der Waals surface area (Å²) in [6, 6.07) is 7.55. The lowest BCUT2D eigenvalue weighted by Crippen LogP contribution is -2.23. The minimum Gasteiger partial charge on any atom is -0.286 e. The molecule has 80 valence electrons. The van der Waals surface area contributed by atoms with E-state index in [1.165, 1.54) is 0 Å². The highest BCUT2D eigenvalue weighted by atomic mass is 35.5. The molecule has 15 heavy (non-hydrogen) atoms. The fourth-order valence-electron chi connectivity index (χ4n) is 1.27. The van der Waals surface area contributed by atoms with Crippen molar-refractivity contribution in [1.29, 1.82) is 5.26 Å². The molecule has 0 aliphatic heterocycles. The molecule has 0 aromatic heterocycles. The van der Waals surface area contributed by atoms with Gasteiger partial charge in [0, 0.05) is 16.6 Å². The molecule has 2 nitrogen and oxygen atoms in total. The standard InChI is InChI=1S/C11H12Cl2N2/c1-2-15(6-5-14)8-9-3-4-10(12)7-11(9)13/h3-4,7H,2,6,8H2,1H3. The minimum absolute atomic E-state index is 0.412. The fourth-order valence-corrected chi connectivity index (χ4v) is 1.74. The van der Waals surface area contributed by atoms with Crippen LogP contribution >= 0.6 is 23.2 Å². The summed E-state index contributed by atoms with van der Waals surface area (Å²) in [6.07, 6.45) is 0. The van der Waals surface area contributed by atoms with E-state index in [0.717, 1.165) is 12.1 Å². The molecule has 1 rings (SSSR count). The Hall–Kier alpha value is -0.750. The molecule has 0 aliphatic carbocycles. The van der Waals surface area contributed by atoms with E-state index in [4.69, 9.17) is 28.5 Å². The Morgan fingerprint density at radius 2 is 2.13 bits per heavy atom. The van der Waals surface area contributed by atoms with Crippen LogP contribution in [0.4, 0.5) is 0 Å². The van der Waals surface area contributed by atoms with Gasteiger partial charge in [0.1, 0.15) is 0 Å². The number of halogens is 2. The Kier molecular flexibility index (Phi) is 4.90. The van der Waals surface area contributed by atoms with Crippen molar-refractivity contribution in [1.82, 2.24) is 4.90 Å². The van der Waals surface area contributed by atoms with Crippen molar-refractivity contribution in [3.63, 3.8) is 0 Å². The molecule has 0 saturated carbocycles. The largest absolute Gasteiger partial charge is 0.286 e. The quantitative estimate of drug-likeness (QED) is 0.758. The second-order valence-corrected chi connectivity index (χ2v) is 4.04. The number of rotatable bonds is 4. The Morgan fingerprint density at radius 1 is 1.40 bits per heavy atom. The summed E-state index contributed by atoms with van der Waals surface area (Å²) in [5.74, 6) is 0. The summed E-state index contributed by atoms with van der Waals surface area (Å²) >= 11 is 11.8. The van der Waals surface area contributed by atoms with Crippen LogP contribution in [0.25, 0.3) is 0 Å². The monoisotopic (exact) mass is 242 g/mol. The molecule has 0 amide bonds. The van der Waals surface area contributed by atoms with Crippen LogP contribution in [-0.2, 0) is 6.54 Å². The molecule has 0 heterocycles. The van der Waals surface area contributed by atoms with E-state index in [1.54, 1.807) is 6.07 Å². The Balaban J connectivity index is 2.75. The zero-order chi connectivity index (χ0) is 11.3. The molecular formula is C11H12Cl2N2. The maximum atomic E-state index is 8.61. The third-order valence-electron chi connectivity index (χ3n) is 2.15. The van der Waals surface area contributed by atoms with Gasteiger partial charge in [-0.3, -0.25) is 4.90 Å². The van der Waals surface area contributed by atoms with Gasteiger partial charge in [0.25, 0.3) is 0 Å². The maximum absolute atomic E-state index is 8.61. The summed E-state index contributed by atoms with van der Waals surface area (Å²) < 4.78 is 0. The minimum atomic E-state index is 0.412. The van der Waals surface area contributed by atoms with Crippen LogP contribution < -0.4 is 0 Å². The van der Waals surface area contributed by atoms with Gasteiger partial charge in [-0.15, -0.1) is 0 Å². The normalized spacial score (nSPS) is 10.3. The predicted molar refractivity (Wildman–Crippen MR) is 63.0 cm³/mol. The van der Waals surface area contributed by atoms with Gasteiger partial charge in [0.2, 0.25) is 0 Å². The highest BCUT2D eigenvalue weighted by Crippen LogP contribution is 2.22. The van der Waals surface area contributed by atoms with Crippen LogP contribution in [-0.4, -0.2) is 18.0 Å². The molecule has 0 fully saturated rings. The first kappa shape index (κ1) is 12.3. The lowest BCUT2D eigenvalue weighted by molar-refractivity contribution is 0.315. The van der Waals surface area contributed by atoms with Crippen LogP contribution in [0.2, 0.25) is 10.0 Å². The number of hydrogen-bond donors (Lipinski definition) is 0.